The number of rotatable bonds is 5. The Labute approximate surface area is 154 Å². The van der Waals surface area contributed by atoms with Crippen molar-refractivity contribution in [3.8, 4) is 0 Å². The molecule has 1 aromatic heterocycles. The van der Waals surface area contributed by atoms with E-state index in [2.05, 4.69) is 23.7 Å². The van der Waals surface area contributed by atoms with Crippen LogP contribution in [0.15, 0.2) is 5.51 Å². The van der Waals surface area contributed by atoms with Crippen molar-refractivity contribution in [1.82, 2.24) is 14.8 Å². The second-order valence-corrected chi connectivity index (χ2v) is 10.6. The normalized spacial score (nSPS) is 26.2. The lowest BCUT2D eigenvalue weighted by atomic mass is 10.0. The molecule has 3 rings (SSSR count). The molecule has 1 amide bonds. The van der Waals surface area contributed by atoms with E-state index in [9.17, 15) is 13.2 Å². The van der Waals surface area contributed by atoms with Gasteiger partial charge in [0.15, 0.2) is 9.84 Å². The molecule has 0 saturated carbocycles. The first-order chi connectivity index (χ1) is 11.8. The largest absolute Gasteiger partial charge is 0.336 e. The molecule has 1 aromatic rings. The summed E-state index contributed by atoms with van der Waals surface area (Å²) in [6.45, 7) is 8.53. The van der Waals surface area contributed by atoms with Crippen molar-refractivity contribution in [3.63, 3.8) is 0 Å². The third kappa shape index (κ3) is 4.23. The Morgan fingerprint density at radius 3 is 2.68 bits per heavy atom. The summed E-state index contributed by atoms with van der Waals surface area (Å²) in [6, 6.07) is -0.234. The highest BCUT2D eigenvalue weighted by Crippen LogP contribution is 2.28. The van der Waals surface area contributed by atoms with Crippen molar-refractivity contribution >= 4 is 27.1 Å². The number of thiazole rings is 1. The topological polar surface area (TPSA) is 70.6 Å². The number of aromatic nitrogens is 1. The molecule has 2 aliphatic heterocycles. The van der Waals surface area contributed by atoms with Crippen LogP contribution in [0.5, 0.6) is 0 Å². The number of aryl methyl sites for hydroxylation is 2. The van der Waals surface area contributed by atoms with Crippen molar-refractivity contribution in [2.75, 3.05) is 31.1 Å². The molecule has 0 aromatic carbocycles. The molecule has 8 heteroatoms. The first-order valence-corrected chi connectivity index (χ1v) is 11.6. The number of piperazine rings is 1. The van der Waals surface area contributed by atoms with Gasteiger partial charge in [0.2, 0.25) is 5.91 Å². The number of nitrogens with zero attached hydrogens (tertiary/aromatic N) is 3. The average molecular weight is 386 g/mol. The molecule has 6 nitrogen and oxygen atoms in total. The Hall–Kier alpha value is -0.990. The van der Waals surface area contributed by atoms with Crippen LogP contribution in [0.2, 0.25) is 0 Å². The highest BCUT2D eigenvalue weighted by Gasteiger charge is 2.47. The average Bonchev–Trinajstić information content (AvgIpc) is 3.06. The molecule has 0 bridgehead atoms. The molecule has 2 aliphatic rings. The van der Waals surface area contributed by atoms with Crippen LogP contribution in [0.3, 0.4) is 0 Å². The predicted octanol–water partition coefficient (Wildman–Crippen LogP) is 1.35. The Kier molecular flexibility index (Phi) is 5.51. The highest BCUT2D eigenvalue weighted by molar-refractivity contribution is 7.91. The summed E-state index contributed by atoms with van der Waals surface area (Å²) in [7, 11) is -3.07. The van der Waals surface area contributed by atoms with Gasteiger partial charge in [0.25, 0.3) is 0 Å². The fourth-order valence-electron chi connectivity index (χ4n) is 3.96. The van der Waals surface area contributed by atoms with Crippen molar-refractivity contribution in [1.29, 1.82) is 0 Å². The maximum Gasteiger partial charge on any atom is 0.223 e. The quantitative estimate of drug-likeness (QED) is 0.765. The van der Waals surface area contributed by atoms with Crippen LogP contribution in [0.25, 0.3) is 0 Å². The van der Waals surface area contributed by atoms with Crippen molar-refractivity contribution in [2.24, 2.45) is 5.92 Å². The third-order valence-corrected chi connectivity index (χ3v) is 7.82. The van der Waals surface area contributed by atoms with Gasteiger partial charge in [0, 0.05) is 37.0 Å². The molecule has 0 N–H and O–H groups in total. The number of fused-ring (bicyclic) bond motifs is 1. The number of hydrogen-bond donors (Lipinski definition) is 0. The number of sulfone groups is 1. The van der Waals surface area contributed by atoms with E-state index in [-0.39, 0.29) is 29.5 Å². The van der Waals surface area contributed by atoms with Crippen LogP contribution in [-0.2, 0) is 21.1 Å². The number of carbonyl (C=O) groups is 1. The van der Waals surface area contributed by atoms with Gasteiger partial charge in [-0.2, -0.15) is 0 Å². The Bertz CT molecular complexity index is 729. The molecule has 0 spiro atoms. The van der Waals surface area contributed by atoms with Gasteiger partial charge in [-0.3, -0.25) is 9.69 Å². The van der Waals surface area contributed by atoms with Gasteiger partial charge in [-0.25, -0.2) is 13.4 Å². The van der Waals surface area contributed by atoms with E-state index in [0.717, 1.165) is 23.7 Å². The molecule has 0 unspecified atom stereocenters. The molecular weight excluding hydrogens is 358 g/mol. The molecule has 2 fully saturated rings. The van der Waals surface area contributed by atoms with E-state index in [1.165, 1.54) is 0 Å². The van der Waals surface area contributed by atoms with E-state index in [1.54, 1.807) is 16.8 Å². The molecule has 2 saturated heterocycles. The monoisotopic (exact) mass is 385 g/mol. The Morgan fingerprint density at radius 2 is 2.04 bits per heavy atom. The molecule has 0 aliphatic carbocycles. The van der Waals surface area contributed by atoms with Crippen molar-refractivity contribution in [2.45, 2.75) is 45.7 Å². The zero-order valence-corrected chi connectivity index (χ0v) is 16.8. The second-order valence-electron chi connectivity index (χ2n) is 7.55. The maximum absolute atomic E-state index is 12.8. The summed E-state index contributed by atoms with van der Waals surface area (Å²) >= 11 is 1.58. The molecule has 2 atom stereocenters. The van der Waals surface area contributed by atoms with Crippen LogP contribution in [0.4, 0.5) is 0 Å². The summed E-state index contributed by atoms with van der Waals surface area (Å²) in [5.74, 6) is 0.851. The minimum atomic E-state index is -3.07. The zero-order chi connectivity index (χ0) is 18.2. The Balaban J connectivity index is 1.69. The van der Waals surface area contributed by atoms with Crippen LogP contribution in [-0.4, -0.2) is 72.3 Å². The van der Waals surface area contributed by atoms with Gasteiger partial charge in [0.05, 0.1) is 28.8 Å². The van der Waals surface area contributed by atoms with Gasteiger partial charge >= 0.3 is 0 Å². The van der Waals surface area contributed by atoms with Crippen LogP contribution >= 0.6 is 11.3 Å². The third-order valence-electron chi connectivity index (χ3n) is 5.12. The van der Waals surface area contributed by atoms with E-state index in [1.807, 2.05) is 11.8 Å². The standard InChI is InChI=1S/C17H27N3O3S2/c1-12(2)8-19-6-7-20(15-10-25(22,23)9-14(15)19)17(21)5-4-16-13(3)18-11-24-16/h11-12,14-15H,4-10H2,1-3H3/t14-,15+/m1/s1. The first-order valence-electron chi connectivity index (χ1n) is 8.90. The van der Waals surface area contributed by atoms with Gasteiger partial charge in [-0.1, -0.05) is 13.8 Å². The zero-order valence-electron chi connectivity index (χ0n) is 15.1. The lowest BCUT2D eigenvalue weighted by molar-refractivity contribution is -0.137. The van der Waals surface area contributed by atoms with Crippen LogP contribution in [0.1, 0.15) is 30.8 Å². The first kappa shape index (κ1) is 18.8. The van der Waals surface area contributed by atoms with Crippen LogP contribution < -0.4 is 0 Å². The lowest BCUT2D eigenvalue weighted by Gasteiger charge is -2.44. The minimum absolute atomic E-state index is 0.0461. The maximum atomic E-state index is 12.8. The second kappa shape index (κ2) is 7.32. The Morgan fingerprint density at radius 1 is 1.32 bits per heavy atom. The summed E-state index contributed by atoms with van der Waals surface area (Å²) in [5.41, 5.74) is 2.79. The van der Waals surface area contributed by atoms with E-state index in [0.29, 0.717) is 25.3 Å². The van der Waals surface area contributed by atoms with Crippen LogP contribution in [0, 0.1) is 12.8 Å². The smallest absolute Gasteiger partial charge is 0.223 e. The SMILES string of the molecule is Cc1ncsc1CCC(=O)N1CCN(CC(C)C)[C@@H]2CS(=O)(=O)C[C@@H]21. The molecule has 25 heavy (non-hydrogen) atoms. The fourth-order valence-corrected chi connectivity index (χ4v) is 6.75. The minimum Gasteiger partial charge on any atom is -0.336 e. The van der Waals surface area contributed by atoms with Gasteiger partial charge < -0.3 is 4.90 Å². The number of carbonyl (C=O) groups excluding carboxylic acids is 1. The predicted molar refractivity (Wildman–Crippen MR) is 99.5 cm³/mol. The van der Waals surface area contributed by atoms with E-state index in [4.69, 9.17) is 0 Å². The molecular formula is C17H27N3O3S2. The van der Waals surface area contributed by atoms with Gasteiger partial charge in [-0.05, 0) is 19.3 Å². The summed E-state index contributed by atoms with van der Waals surface area (Å²) in [5, 5.41) is 0. The van der Waals surface area contributed by atoms with E-state index >= 15 is 0 Å². The van der Waals surface area contributed by atoms with Gasteiger partial charge in [-0.15, -0.1) is 11.3 Å². The summed E-state index contributed by atoms with van der Waals surface area (Å²) in [6.07, 6.45) is 1.11. The number of amides is 1. The lowest BCUT2D eigenvalue weighted by Crippen LogP contribution is -2.61. The summed E-state index contributed by atoms with van der Waals surface area (Å²) < 4.78 is 24.4. The molecule has 140 valence electrons. The van der Waals surface area contributed by atoms with Crippen molar-refractivity contribution in [3.05, 3.63) is 16.1 Å². The van der Waals surface area contributed by atoms with Gasteiger partial charge in [0.1, 0.15) is 0 Å². The van der Waals surface area contributed by atoms with Crippen molar-refractivity contribution < 1.29 is 13.2 Å². The summed E-state index contributed by atoms with van der Waals surface area (Å²) in [4.78, 5) is 22.3. The highest BCUT2D eigenvalue weighted by atomic mass is 32.2. The molecule has 3 heterocycles. The number of hydrogen-bond acceptors (Lipinski definition) is 6. The molecule has 0 radical (unpaired) electrons. The fraction of sp³-hybridized carbons (Fsp3) is 0.765. The van der Waals surface area contributed by atoms with E-state index < -0.39 is 9.84 Å².